The van der Waals surface area contributed by atoms with Gasteiger partial charge in [0.2, 0.25) is 0 Å². The first-order valence-corrected chi connectivity index (χ1v) is 8.05. The Balaban J connectivity index is 2.26. The molecule has 0 bridgehead atoms. The quantitative estimate of drug-likeness (QED) is 0.441. The first kappa shape index (κ1) is 19.1. The number of anilines is 1. The van der Waals surface area contributed by atoms with Crippen LogP contribution in [-0.2, 0) is 16.0 Å². The van der Waals surface area contributed by atoms with E-state index >= 15 is 0 Å². The number of hydrogen-bond donors (Lipinski definition) is 1. The van der Waals surface area contributed by atoms with Crippen molar-refractivity contribution >= 4 is 34.9 Å². The van der Waals surface area contributed by atoms with Gasteiger partial charge in [0.05, 0.1) is 12.2 Å². The van der Waals surface area contributed by atoms with Gasteiger partial charge in [-0.1, -0.05) is 23.2 Å². The molecule has 0 aliphatic rings. The first-order valence-electron chi connectivity index (χ1n) is 7.29. The Morgan fingerprint density at radius 1 is 1.24 bits per heavy atom. The predicted octanol–water partition coefficient (Wildman–Crippen LogP) is 4.77. The summed E-state index contributed by atoms with van der Waals surface area (Å²) >= 11 is 11.5. The highest BCUT2D eigenvalue weighted by Gasteiger charge is 2.16. The van der Waals surface area contributed by atoms with Gasteiger partial charge in [-0.2, -0.15) is 0 Å². The van der Waals surface area contributed by atoms with E-state index in [0.717, 1.165) is 6.07 Å². The lowest BCUT2D eigenvalue weighted by molar-refractivity contribution is -0.138. The molecule has 1 N–H and O–H groups in total. The molecule has 0 fully saturated rings. The minimum absolute atomic E-state index is 0.0108. The number of nitrogens with zero attached hydrogens (tertiary/aromatic N) is 1. The molecular weight excluding hydrogens is 373 g/mol. The van der Waals surface area contributed by atoms with Gasteiger partial charge in [0.25, 0.3) is 0 Å². The highest BCUT2D eigenvalue weighted by Crippen LogP contribution is 2.23. The normalized spacial score (nSPS) is 11.3. The van der Waals surface area contributed by atoms with E-state index in [4.69, 9.17) is 27.9 Å². The van der Waals surface area contributed by atoms with Crippen LogP contribution >= 0.6 is 23.2 Å². The van der Waals surface area contributed by atoms with Gasteiger partial charge >= 0.3 is 5.97 Å². The number of esters is 1. The Kier molecular flexibility index (Phi) is 6.73. The summed E-state index contributed by atoms with van der Waals surface area (Å²) in [7, 11) is 0. The fraction of sp³-hybridized carbons (Fsp3) is 0.176. The lowest BCUT2D eigenvalue weighted by Crippen LogP contribution is -2.12. The van der Waals surface area contributed by atoms with E-state index in [2.05, 4.69) is 10.3 Å². The maximum atomic E-state index is 13.6. The van der Waals surface area contributed by atoms with Crippen LogP contribution in [0.1, 0.15) is 12.5 Å². The molecule has 0 spiro atoms. The van der Waals surface area contributed by atoms with Crippen molar-refractivity contribution in [3.63, 3.8) is 0 Å². The van der Waals surface area contributed by atoms with Crippen molar-refractivity contribution in [3.05, 3.63) is 69.6 Å². The van der Waals surface area contributed by atoms with Crippen LogP contribution in [0, 0.1) is 11.6 Å². The molecule has 0 aliphatic heterocycles. The number of pyridine rings is 1. The van der Waals surface area contributed by atoms with Crippen LogP contribution in [0.25, 0.3) is 0 Å². The number of carbonyl (C=O) groups is 1. The molecule has 0 radical (unpaired) electrons. The van der Waals surface area contributed by atoms with Gasteiger partial charge in [-0.05, 0) is 42.8 Å². The molecule has 4 nitrogen and oxygen atoms in total. The molecule has 0 saturated carbocycles. The summed E-state index contributed by atoms with van der Waals surface area (Å²) in [5, 5.41) is 2.51. The molecular formula is C17H14Cl2F2N2O2. The van der Waals surface area contributed by atoms with Crippen LogP contribution in [-0.4, -0.2) is 17.6 Å². The lowest BCUT2D eigenvalue weighted by Gasteiger charge is -2.10. The summed E-state index contributed by atoms with van der Waals surface area (Å²) < 4.78 is 31.5. The molecule has 1 aromatic carbocycles. The molecule has 1 heterocycles. The van der Waals surface area contributed by atoms with Crippen molar-refractivity contribution in [1.82, 2.24) is 4.98 Å². The SMILES string of the molecule is CCOC(=O)C(=CNc1ccc(F)cc1)Cc1cc(F)c(Cl)nc1Cl. The van der Waals surface area contributed by atoms with Crippen LogP contribution in [0.3, 0.4) is 0 Å². The van der Waals surface area contributed by atoms with Gasteiger partial charge in [-0.25, -0.2) is 18.6 Å². The van der Waals surface area contributed by atoms with Crippen LogP contribution in [0.5, 0.6) is 0 Å². The van der Waals surface area contributed by atoms with Crippen molar-refractivity contribution in [3.8, 4) is 0 Å². The zero-order chi connectivity index (χ0) is 18.4. The molecule has 2 aromatic rings. The van der Waals surface area contributed by atoms with Gasteiger partial charge in [0, 0.05) is 18.3 Å². The third-order valence-electron chi connectivity index (χ3n) is 3.14. The van der Waals surface area contributed by atoms with Crippen molar-refractivity contribution in [2.24, 2.45) is 0 Å². The van der Waals surface area contributed by atoms with Crippen molar-refractivity contribution < 1.29 is 18.3 Å². The summed E-state index contributed by atoms with van der Waals surface area (Å²) in [6.07, 6.45) is 1.38. The second-order valence-corrected chi connectivity index (χ2v) is 5.65. The third-order valence-corrected chi connectivity index (χ3v) is 3.73. The summed E-state index contributed by atoms with van der Waals surface area (Å²) in [6.45, 7) is 1.84. The Bertz CT molecular complexity index is 796. The summed E-state index contributed by atoms with van der Waals surface area (Å²) in [5.41, 5.74) is 1.04. The first-order chi connectivity index (χ1) is 11.9. The number of benzene rings is 1. The van der Waals surface area contributed by atoms with E-state index in [0.29, 0.717) is 5.69 Å². The molecule has 8 heteroatoms. The Hall–Kier alpha value is -2.18. The molecule has 0 unspecified atom stereocenters. The van der Waals surface area contributed by atoms with E-state index in [1.807, 2.05) is 0 Å². The molecule has 1 aromatic heterocycles. The average Bonchev–Trinajstić information content (AvgIpc) is 2.57. The summed E-state index contributed by atoms with van der Waals surface area (Å²) in [4.78, 5) is 15.8. The standard InChI is InChI=1S/C17H14Cl2F2N2O2/c1-2-25-17(24)11(9-22-13-5-3-12(20)4-6-13)7-10-8-14(21)16(19)23-15(10)18/h3-6,8-9,22H,2,7H2,1H3. The van der Waals surface area contributed by atoms with Crippen LogP contribution in [0.2, 0.25) is 10.3 Å². The summed E-state index contributed by atoms with van der Waals surface area (Å²) in [5.74, 6) is -1.71. The minimum Gasteiger partial charge on any atom is -0.463 e. The zero-order valence-electron chi connectivity index (χ0n) is 13.2. The second kappa shape index (κ2) is 8.78. The Labute approximate surface area is 153 Å². The second-order valence-electron chi connectivity index (χ2n) is 4.93. The number of rotatable bonds is 6. The number of aromatic nitrogens is 1. The number of nitrogens with one attached hydrogen (secondary N) is 1. The Morgan fingerprint density at radius 2 is 1.92 bits per heavy atom. The lowest BCUT2D eigenvalue weighted by atomic mass is 10.1. The molecule has 0 aliphatic carbocycles. The smallest absolute Gasteiger partial charge is 0.335 e. The molecule has 2 rings (SSSR count). The van der Waals surface area contributed by atoms with Crippen LogP contribution in [0.4, 0.5) is 14.5 Å². The van der Waals surface area contributed by atoms with Gasteiger partial charge in [0.1, 0.15) is 11.0 Å². The number of hydrogen-bond acceptors (Lipinski definition) is 4. The minimum atomic E-state index is -0.740. The molecule has 0 amide bonds. The predicted molar refractivity (Wildman–Crippen MR) is 92.7 cm³/mol. The van der Waals surface area contributed by atoms with Crippen LogP contribution in [0.15, 0.2) is 42.1 Å². The monoisotopic (exact) mass is 386 g/mol. The van der Waals surface area contributed by atoms with E-state index in [1.165, 1.54) is 30.5 Å². The van der Waals surface area contributed by atoms with Gasteiger partial charge in [-0.3, -0.25) is 0 Å². The summed E-state index contributed by atoms with van der Waals surface area (Å²) in [6, 6.07) is 6.67. The average molecular weight is 387 g/mol. The number of halogens is 4. The molecule has 25 heavy (non-hydrogen) atoms. The van der Waals surface area contributed by atoms with E-state index in [9.17, 15) is 13.6 Å². The highest BCUT2D eigenvalue weighted by atomic mass is 35.5. The van der Waals surface area contributed by atoms with Crippen molar-refractivity contribution in [2.75, 3.05) is 11.9 Å². The zero-order valence-corrected chi connectivity index (χ0v) is 14.7. The van der Waals surface area contributed by atoms with E-state index in [1.54, 1.807) is 6.92 Å². The Morgan fingerprint density at radius 3 is 2.56 bits per heavy atom. The van der Waals surface area contributed by atoms with Gasteiger partial charge < -0.3 is 10.1 Å². The third kappa shape index (κ3) is 5.41. The topological polar surface area (TPSA) is 51.2 Å². The molecule has 132 valence electrons. The fourth-order valence-electron chi connectivity index (χ4n) is 1.94. The van der Waals surface area contributed by atoms with E-state index < -0.39 is 11.8 Å². The fourth-order valence-corrected chi connectivity index (χ4v) is 2.32. The van der Waals surface area contributed by atoms with E-state index in [-0.39, 0.29) is 40.3 Å². The van der Waals surface area contributed by atoms with Gasteiger partial charge in [-0.15, -0.1) is 0 Å². The molecule has 0 atom stereocenters. The number of ether oxygens (including phenoxy) is 1. The molecule has 0 saturated heterocycles. The van der Waals surface area contributed by atoms with Crippen LogP contribution < -0.4 is 5.32 Å². The van der Waals surface area contributed by atoms with Crippen molar-refractivity contribution in [2.45, 2.75) is 13.3 Å². The maximum Gasteiger partial charge on any atom is 0.335 e. The van der Waals surface area contributed by atoms with Crippen molar-refractivity contribution in [1.29, 1.82) is 0 Å². The maximum absolute atomic E-state index is 13.6. The van der Waals surface area contributed by atoms with Gasteiger partial charge in [0.15, 0.2) is 11.0 Å². The largest absolute Gasteiger partial charge is 0.463 e. The highest BCUT2D eigenvalue weighted by molar-refractivity contribution is 6.33. The number of carbonyl (C=O) groups excluding carboxylic acids is 1.